The second kappa shape index (κ2) is 5.79. The molecule has 2 aliphatic rings. The Kier molecular flexibility index (Phi) is 4.02. The van der Waals surface area contributed by atoms with Crippen LogP contribution in [0.4, 0.5) is 0 Å². The molecule has 1 aromatic carbocycles. The summed E-state index contributed by atoms with van der Waals surface area (Å²) in [6, 6.07) is 6.97. The highest BCUT2D eigenvalue weighted by Crippen LogP contribution is 2.42. The lowest BCUT2D eigenvalue weighted by Crippen LogP contribution is -2.43. The maximum Gasteiger partial charge on any atom is 0.326 e. The molecule has 1 aliphatic heterocycles. The van der Waals surface area contributed by atoms with Gasteiger partial charge in [0.25, 0.3) is 0 Å². The highest BCUT2D eigenvalue weighted by atomic mass is 79.9. The molecule has 1 aliphatic carbocycles. The summed E-state index contributed by atoms with van der Waals surface area (Å²) in [5.74, 6) is -0.399. The third-order valence-corrected chi connectivity index (χ3v) is 5.26. The SMILES string of the molecule is O=C(O)C1C2CCCC2CN1C(=O)Cc1ccc(Br)cc1. The number of halogens is 1. The van der Waals surface area contributed by atoms with Gasteiger partial charge in [-0.15, -0.1) is 0 Å². The van der Waals surface area contributed by atoms with Gasteiger partial charge in [0.05, 0.1) is 6.42 Å². The first-order valence-corrected chi connectivity index (χ1v) is 8.12. The number of carboxylic acids is 1. The number of carboxylic acid groups (broad SMARTS) is 1. The maximum atomic E-state index is 12.5. The number of carbonyl (C=O) groups excluding carboxylic acids is 1. The summed E-state index contributed by atoms with van der Waals surface area (Å²) in [7, 11) is 0. The molecule has 3 atom stereocenters. The number of nitrogens with zero attached hydrogens (tertiary/aromatic N) is 1. The van der Waals surface area contributed by atoms with Crippen molar-refractivity contribution in [3.05, 3.63) is 34.3 Å². The van der Waals surface area contributed by atoms with E-state index in [0.717, 1.165) is 29.3 Å². The predicted octanol–water partition coefficient (Wildman–Crippen LogP) is 2.70. The van der Waals surface area contributed by atoms with Crippen LogP contribution in [0.5, 0.6) is 0 Å². The number of fused-ring (bicyclic) bond motifs is 1. The molecule has 1 N–H and O–H groups in total. The van der Waals surface area contributed by atoms with Gasteiger partial charge < -0.3 is 10.0 Å². The molecule has 0 bridgehead atoms. The van der Waals surface area contributed by atoms with Crippen LogP contribution in [-0.2, 0) is 16.0 Å². The minimum atomic E-state index is -0.853. The first-order chi connectivity index (χ1) is 10.1. The van der Waals surface area contributed by atoms with Crippen LogP contribution in [0, 0.1) is 11.8 Å². The summed E-state index contributed by atoms with van der Waals surface area (Å²) in [5, 5.41) is 9.48. The zero-order valence-corrected chi connectivity index (χ0v) is 13.3. The Morgan fingerprint density at radius 2 is 1.95 bits per heavy atom. The van der Waals surface area contributed by atoms with Gasteiger partial charge in [0.15, 0.2) is 0 Å². The van der Waals surface area contributed by atoms with Crippen LogP contribution in [0.1, 0.15) is 24.8 Å². The Balaban J connectivity index is 1.74. The number of hydrogen-bond acceptors (Lipinski definition) is 2. The minimum absolute atomic E-state index is 0.0703. The van der Waals surface area contributed by atoms with Crippen LogP contribution in [0.15, 0.2) is 28.7 Å². The molecule has 0 aromatic heterocycles. The van der Waals surface area contributed by atoms with Gasteiger partial charge in [-0.3, -0.25) is 4.79 Å². The molecule has 21 heavy (non-hydrogen) atoms. The highest BCUT2D eigenvalue weighted by molar-refractivity contribution is 9.10. The van der Waals surface area contributed by atoms with Gasteiger partial charge in [-0.1, -0.05) is 34.5 Å². The summed E-state index contributed by atoms with van der Waals surface area (Å²) in [6.07, 6.45) is 3.35. The van der Waals surface area contributed by atoms with Crippen LogP contribution in [-0.4, -0.2) is 34.5 Å². The standard InChI is InChI=1S/C16H18BrNO3/c17-12-6-4-10(5-7-12)8-14(19)18-9-11-2-1-3-13(11)15(18)16(20)21/h4-7,11,13,15H,1-3,8-9H2,(H,20,21). The number of likely N-dealkylation sites (tertiary alicyclic amines) is 1. The third kappa shape index (κ3) is 2.84. The molecule has 3 rings (SSSR count). The number of carbonyl (C=O) groups is 2. The van der Waals surface area contributed by atoms with E-state index in [1.807, 2.05) is 24.3 Å². The Hall–Kier alpha value is -1.36. The summed E-state index contributed by atoms with van der Waals surface area (Å²) < 4.78 is 0.970. The molecule has 1 saturated heterocycles. The Bertz CT molecular complexity index is 557. The van der Waals surface area contributed by atoms with Crippen LogP contribution in [0.2, 0.25) is 0 Å². The van der Waals surface area contributed by atoms with Crippen molar-refractivity contribution in [1.29, 1.82) is 0 Å². The van der Waals surface area contributed by atoms with E-state index >= 15 is 0 Å². The van der Waals surface area contributed by atoms with Crippen molar-refractivity contribution in [2.24, 2.45) is 11.8 Å². The second-order valence-corrected chi connectivity index (χ2v) is 6.90. The number of hydrogen-bond donors (Lipinski definition) is 1. The molecular formula is C16H18BrNO3. The van der Waals surface area contributed by atoms with E-state index in [0.29, 0.717) is 12.5 Å². The van der Waals surface area contributed by atoms with Crippen molar-refractivity contribution in [2.75, 3.05) is 6.54 Å². The van der Waals surface area contributed by atoms with Crippen LogP contribution < -0.4 is 0 Å². The average Bonchev–Trinajstić information content (AvgIpc) is 3.00. The van der Waals surface area contributed by atoms with Gasteiger partial charge >= 0.3 is 5.97 Å². The fourth-order valence-electron chi connectivity index (χ4n) is 3.76. The molecule has 1 saturated carbocycles. The smallest absolute Gasteiger partial charge is 0.326 e. The van der Waals surface area contributed by atoms with E-state index in [1.165, 1.54) is 0 Å². The summed E-state index contributed by atoms with van der Waals surface area (Å²) >= 11 is 3.37. The van der Waals surface area contributed by atoms with Gasteiger partial charge in [-0.2, -0.15) is 0 Å². The van der Waals surface area contributed by atoms with Crippen molar-refractivity contribution in [2.45, 2.75) is 31.7 Å². The molecule has 3 unspecified atom stereocenters. The third-order valence-electron chi connectivity index (χ3n) is 4.73. The Labute approximate surface area is 132 Å². The number of amides is 1. The normalized spacial score (nSPS) is 27.7. The molecule has 0 radical (unpaired) electrons. The van der Waals surface area contributed by atoms with Crippen molar-refractivity contribution >= 4 is 27.8 Å². The molecule has 1 amide bonds. The number of aliphatic carboxylic acids is 1. The van der Waals surface area contributed by atoms with Crippen LogP contribution in [0.3, 0.4) is 0 Å². The van der Waals surface area contributed by atoms with Crippen molar-refractivity contribution in [3.63, 3.8) is 0 Å². The van der Waals surface area contributed by atoms with E-state index in [2.05, 4.69) is 15.9 Å². The topological polar surface area (TPSA) is 57.6 Å². The van der Waals surface area contributed by atoms with Gasteiger partial charge in [0.1, 0.15) is 6.04 Å². The van der Waals surface area contributed by atoms with Crippen LogP contribution in [0.25, 0.3) is 0 Å². The van der Waals surface area contributed by atoms with E-state index in [4.69, 9.17) is 0 Å². The van der Waals surface area contributed by atoms with Gasteiger partial charge in [-0.05, 0) is 42.4 Å². The van der Waals surface area contributed by atoms with E-state index < -0.39 is 12.0 Å². The zero-order valence-electron chi connectivity index (χ0n) is 11.7. The highest BCUT2D eigenvalue weighted by Gasteiger charge is 2.49. The van der Waals surface area contributed by atoms with Gasteiger partial charge in [-0.25, -0.2) is 4.79 Å². The number of benzene rings is 1. The fourth-order valence-corrected chi connectivity index (χ4v) is 4.02. The molecule has 4 nitrogen and oxygen atoms in total. The van der Waals surface area contributed by atoms with Crippen LogP contribution >= 0.6 is 15.9 Å². The van der Waals surface area contributed by atoms with Crippen molar-refractivity contribution < 1.29 is 14.7 Å². The molecule has 1 heterocycles. The molecule has 112 valence electrons. The Morgan fingerprint density at radius 3 is 2.62 bits per heavy atom. The monoisotopic (exact) mass is 351 g/mol. The predicted molar refractivity (Wildman–Crippen MR) is 81.8 cm³/mol. The molecule has 2 fully saturated rings. The van der Waals surface area contributed by atoms with E-state index in [9.17, 15) is 14.7 Å². The zero-order chi connectivity index (χ0) is 15.0. The lowest BCUT2D eigenvalue weighted by atomic mass is 9.94. The average molecular weight is 352 g/mol. The maximum absolute atomic E-state index is 12.5. The van der Waals surface area contributed by atoms with Crippen molar-refractivity contribution in [1.82, 2.24) is 4.90 Å². The minimum Gasteiger partial charge on any atom is -0.480 e. The second-order valence-electron chi connectivity index (χ2n) is 5.99. The first-order valence-electron chi connectivity index (χ1n) is 7.33. The van der Waals surface area contributed by atoms with Gasteiger partial charge in [0.2, 0.25) is 5.91 Å². The molecule has 1 aromatic rings. The summed E-state index contributed by atoms with van der Waals surface area (Å²) in [4.78, 5) is 25.6. The fraction of sp³-hybridized carbons (Fsp3) is 0.500. The lowest BCUT2D eigenvalue weighted by Gasteiger charge is -2.24. The van der Waals surface area contributed by atoms with Gasteiger partial charge in [0, 0.05) is 11.0 Å². The van der Waals surface area contributed by atoms with Crippen molar-refractivity contribution in [3.8, 4) is 0 Å². The van der Waals surface area contributed by atoms with E-state index in [1.54, 1.807) is 4.90 Å². The lowest BCUT2D eigenvalue weighted by molar-refractivity contribution is -0.149. The Morgan fingerprint density at radius 1 is 1.24 bits per heavy atom. The summed E-state index contributed by atoms with van der Waals surface area (Å²) in [6.45, 7) is 0.608. The first kappa shape index (κ1) is 14.6. The summed E-state index contributed by atoms with van der Waals surface area (Å²) in [5.41, 5.74) is 0.921. The van der Waals surface area contributed by atoms with E-state index in [-0.39, 0.29) is 18.2 Å². The molecular weight excluding hydrogens is 334 g/mol. The number of rotatable bonds is 3. The molecule has 5 heteroatoms. The quantitative estimate of drug-likeness (QED) is 0.910. The molecule has 0 spiro atoms. The largest absolute Gasteiger partial charge is 0.480 e.